The normalized spacial score (nSPS) is 11.3. The Balaban J connectivity index is 1.74. The third kappa shape index (κ3) is 24.6. The number of hydrogen-bond acceptors (Lipinski definition) is 14. The van der Waals surface area contributed by atoms with Crippen LogP contribution in [0.2, 0.25) is 0 Å². The van der Waals surface area contributed by atoms with E-state index < -0.39 is 47.2 Å². The summed E-state index contributed by atoms with van der Waals surface area (Å²) in [6.07, 6.45) is 0.693. The fourth-order valence-corrected chi connectivity index (χ4v) is 3.57. The molecule has 19 heteroatoms. The smallest absolute Gasteiger partial charge is 0.313 e. The van der Waals surface area contributed by atoms with Crippen LogP contribution in [0.25, 0.3) is 0 Å². The molecule has 0 aliphatic carbocycles. The van der Waals surface area contributed by atoms with Gasteiger partial charge in [0.05, 0.1) is 139 Å². The molecule has 0 saturated heterocycles. The second-order valence-corrected chi connectivity index (χ2v) is 10.2. The first-order chi connectivity index (χ1) is 25.3. The van der Waals surface area contributed by atoms with Crippen molar-refractivity contribution in [2.75, 3.05) is 139 Å². The quantitative estimate of drug-likeness (QED) is 0.0246. The molecule has 0 unspecified atom stereocenters. The van der Waals surface area contributed by atoms with Gasteiger partial charge in [0, 0.05) is 6.42 Å². The number of benzene rings is 1. The van der Waals surface area contributed by atoms with Crippen LogP contribution in [0.1, 0.15) is 26.2 Å². The fraction of sp³-hybridized carbons (Fsp3) is 0.758. The molecule has 0 bridgehead atoms. The van der Waals surface area contributed by atoms with E-state index in [4.69, 9.17) is 52.1 Å². The molecule has 0 aliphatic heterocycles. The maximum Gasteiger partial charge on any atom is 0.313 e. The largest absolute Gasteiger partial charge is 0.463 e. The van der Waals surface area contributed by atoms with E-state index in [1.165, 1.54) is 0 Å². The highest BCUT2D eigenvalue weighted by Crippen LogP contribution is 2.29. The Hall–Kier alpha value is -2.59. The second-order valence-electron chi connectivity index (χ2n) is 10.2. The van der Waals surface area contributed by atoms with Crippen molar-refractivity contribution in [3.05, 3.63) is 29.1 Å². The zero-order valence-electron chi connectivity index (χ0n) is 29.6. The SMILES string of the molecule is CCCC(=O)OCCOCCOCCOCCOCCOCCOCCOCCOCCOCCOCCC(=O)Oc1c(F)c(F)c(F)c(F)c1F. The molecule has 1 aromatic carbocycles. The van der Waals surface area contributed by atoms with Crippen LogP contribution in [0.4, 0.5) is 22.0 Å². The summed E-state index contributed by atoms with van der Waals surface area (Å²) >= 11 is 0. The van der Waals surface area contributed by atoms with Gasteiger partial charge in [0.25, 0.3) is 0 Å². The Morgan fingerprint density at radius 2 is 0.635 bits per heavy atom. The van der Waals surface area contributed by atoms with Crippen molar-refractivity contribution < 1.29 is 88.4 Å². The van der Waals surface area contributed by atoms with Gasteiger partial charge in [-0.25, -0.2) is 13.2 Å². The molecule has 0 aliphatic rings. The molecule has 0 saturated carbocycles. The molecule has 52 heavy (non-hydrogen) atoms. The highest BCUT2D eigenvalue weighted by molar-refractivity contribution is 5.72. The molecular weight excluding hydrogens is 715 g/mol. The number of carbonyl (C=O) groups is 2. The topological polar surface area (TPSA) is 145 Å². The highest BCUT2D eigenvalue weighted by Gasteiger charge is 2.28. The summed E-state index contributed by atoms with van der Waals surface area (Å²) in [6.45, 7) is 8.97. The number of rotatable bonds is 36. The Labute approximate surface area is 300 Å². The zero-order valence-corrected chi connectivity index (χ0v) is 29.6. The summed E-state index contributed by atoms with van der Waals surface area (Å²) in [7, 11) is 0. The lowest BCUT2D eigenvalue weighted by molar-refractivity contribution is -0.145. The molecule has 0 amide bonds. The number of halogens is 5. The standard InChI is InChI=1S/C33H51F5O14/c1-2-3-26(39)51-25-24-50-23-22-49-21-20-48-19-18-47-17-16-46-15-14-45-13-12-44-11-10-43-9-8-42-7-6-41-5-4-27(40)52-33-31(37)29(35)28(34)30(36)32(33)38/h2-25H2,1H3. The van der Waals surface area contributed by atoms with Crippen molar-refractivity contribution in [3.63, 3.8) is 0 Å². The number of hydrogen-bond donors (Lipinski definition) is 0. The maximum atomic E-state index is 13.5. The van der Waals surface area contributed by atoms with Crippen LogP contribution in [0, 0.1) is 29.1 Å². The van der Waals surface area contributed by atoms with Crippen LogP contribution in [-0.4, -0.2) is 151 Å². The summed E-state index contributed by atoms with van der Waals surface area (Å²) < 4.78 is 129. The van der Waals surface area contributed by atoms with Gasteiger partial charge in [0.2, 0.25) is 34.8 Å². The van der Waals surface area contributed by atoms with Crippen LogP contribution in [0.3, 0.4) is 0 Å². The van der Waals surface area contributed by atoms with Crippen LogP contribution >= 0.6 is 0 Å². The van der Waals surface area contributed by atoms with Crippen LogP contribution < -0.4 is 4.74 Å². The first-order valence-corrected chi connectivity index (χ1v) is 16.9. The minimum absolute atomic E-state index is 0.0760. The van der Waals surface area contributed by atoms with E-state index in [1.807, 2.05) is 6.92 Å². The second kappa shape index (κ2) is 33.0. The average molecular weight is 767 g/mol. The molecule has 1 aromatic rings. The summed E-state index contributed by atoms with van der Waals surface area (Å²) in [6, 6.07) is 0. The van der Waals surface area contributed by atoms with Gasteiger partial charge in [-0.15, -0.1) is 0 Å². The lowest BCUT2D eigenvalue weighted by Gasteiger charge is -2.09. The highest BCUT2D eigenvalue weighted by atomic mass is 19.2. The molecule has 0 radical (unpaired) electrons. The van der Waals surface area contributed by atoms with Gasteiger partial charge in [0.1, 0.15) is 6.61 Å². The first kappa shape index (κ1) is 47.4. The van der Waals surface area contributed by atoms with Crippen molar-refractivity contribution in [1.82, 2.24) is 0 Å². The van der Waals surface area contributed by atoms with Gasteiger partial charge in [-0.1, -0.05) is 6.92 Å². The van der Waals surface area contributed by atoms with Gasteiger partial charge >= 0.3 is 11.9 Å². The summed E-state index contributed by atoms with van der Waals surface area (Å²) in [5.74, 6) is -14.4. The minimum atomic E-state index is -2.35. The zero-order chi connectivity index (χ0) is 38.1. The first-order valence-electron chi connectivity index (χ1n) is 16.9. The van der Waals surface area contributed by atoms with E-state index in [9.17, 15) is 31.5 Å². The number of carbonyl (C=O) groups excluding carboxylic acids is 2. The van der Waals surface area contributed by atoms with Crippen LogP contribution in [0.5, 0.6) is 5.75 Å². The monoisotopic (exact) mass is 766 g/mol. The lowest BCUT2D eigenvalue weighted by Crippen LogP contribution is -2.16. The molecule has 14 nitrogen and oxygen atoms in total. The molecule has 0 aromatic heterocycles. The Morgan fingerprint density at radius 3 is 0.942 bits per heavy atom. The van der Waals surface area contributed by atoms with E-state index in [0.29, 0.717) is 112 Å². The molecule has 0 spiro atoms. The minimum Gasteiger partial charge on any atom is -0.463 e. The predicted molar refractivity (Wildman–Crippen MR) is 171 cm³/mol. The van der Waals surface area contributed by atoms with Gasteiger partial charge in [-0.05, 0) is 6.42 Å². The van der Waals surface area contributed by atoms with Crippen molar-refractivity contribution in [3.8, 4) is 5.75 Å². The third-order valence-electron chi connectivity index (χ3n) is 6.13. The van der Waals surface area contributed by atoms with Crippen molar-refractivity contribution in [2.45, 2.75) is 26.2 Å². The van der Waals surface area contributed by atoms with Crippen LogP contribution in [0.15, 0.2) is 0 Å². The summed E-state index contributed by atoms with van der Waals surface area (Å²) in [5, 5.41) is 0. The summed E-state index contributed by atoms with van der Waals surface area (Å²) in [4.78, 5) is 22.8. The fourth-order valence-electron chi connectivity index (χ4n) is 3.57. The molecular formula is C33H51F5O14. The van der Waals surface area contributed by atoms with E-state index in [0.717, 1.165) is 6.42 Å². The average Bonchev–Trinajstić information content (AvgIpc) is 3.13. The molecule has 0 fully saturated rings. The van der Waals surface area contributed by atoms with Crippen LogP contribution in [-0.2, 0) is 61.7 Å². The number of ether oxygens (including phenoxy) is 12. The van der Waals surface area contributed by atoms with E-state index in [-0.39, 0.29) is 39.0 Å². The maximum absolute atomic E-state index is 13.5. The van der Waals surface area contributed by atoms with Gasteiger partial charge < -0.3 is 56.8 Å². The van der Waals surface area contributed by atoms with E-state index >= 15 is 0 Å². The lowest BCUT2D eigenvalue weighted by atomic mass is 10.2. The van der Waals surface area contributed by atoms with Crippen molar-refractivity contribution >= 4 is 11.9 Å². The third-order valence-corrected chi connectivity index (χ3v) is 6.13. The van der Waals surface area contributed by atoms with Gasteiger partial charge in [0.15, 0.2) is 0 Å². The molecule has 1 rings (SSSR count). The van der Waals surface area contributed by atoms with E-state index in [1.54, 1.807) is 0 Å². The molecule has 0 N–H and O–H groups in total. The van der Waals surface area contributed by atoms with Gasteiger partial charge in [-0.3, -0.25) is 9.59 Å². The van der Waals surface area contributed by atoms with E-state index in [2.05, 4.69) is 4.74 Å². The van der Waals surface area contributed by atoms with Crippen molar-refractivity contribution in [1.29, 1.82) is 0 Å². The molecule has 302 valence electrons. The Bertz CT molecular complexity index is 1040. The molecule has 0 heterocycles. The number of esters is 2. The van der Waals surface area contributed by atoms with Gasteiger partial charge in [-0.2, -0.15) is 8.78 Å². The molecule has 0 atom stereocenters. The predicted octanol–water partition coefficient (Wildman–Crippen LogP) is 3.19. The van der Waals surface area contributed by atoms with Crippen molar-refractivity contribution in [2.24, 2.45) is 0 Å². The summed E-state index contributed by atoms with van der Waals surface area (Å²) in [5.41, 5.74) is 0. The Kier molecular flexibility index (Phi) is 30.1. The Morgan fingerprint density at radius 1 is 0.365 bits per heavy atom.